The van der Waals surface area contributed by atoms with Crippen molar-refractivity contribution in [1.29, 1.82) is 0 Å². The van der Waals surface area contributed by atoms with E-state index >= 15 is 0 Å². The molecule has 1 heterocycles. The molecular weight excluding hydrogens is 552 g/mol. The van der Waals surface area contributed by atoms with Gasteiger partial charge < -0.3 is 4.74 Å². The number of thioether (sulfide) groups is 1. The van der Waals surface area contributed by atoms with Crippen LogP contribution in [-0.4, -0.2) is 16.0 Å². The summed E-state index contributed by atoms with van der Waals surface area (Å²) in [5.74, 6) is -0.380. The molecule has 1 aliphatic heterocycles. The van der Waals surface area contributed by atoms with Gasteiger partial charge in [0, 0.05) is 20.1 Å². The van der Waals surface area contributed by atoms with Gasteiger partial charge in [-0.3, -0.25) is 14.5 Å². The van der Waals surface area contributed by atoms with Gasteiger partial charge in [-0.1, -0.05) is 57.3 Å². The molecule has 1 fully saturated rings. The lowest BCUT2D eigenvalue weighted by Crippen LogP contribution is -2.27. The second-order valence-electron chi connectivity index (χ2n) is 7.10. The molecule has 0 bridgehead atoms. The molecule has 1 saturated heterocycles. The predicted octanol–water partition coefficient (Wildman–Crippen LogP) is 7.71. The smallest absolute Gasteiger partial charge is 0.293 e. The van der Waals surface area contributed by atoms with Crippen LogP contribution in [0.3, 0.4) is 0 Å². The van der Waals surface area contributed by atoms with Crippen LogP contribution < -0.4 is 4.74 Å². The van der Waals surface area contributed by atoms with E-state index in [4.69, 9.17) is 27.9 Å². The van der Waals surface area contributed by atoms with E-state index in [1.807, 2.05) is 24.3 Å². The molecule has 0 radical (unpaired) electrons. The topological polar surface area (TPSA) is 46.6 Å². The fourth-order valence-electron chi connectivity index (χ4n) is 3.10. The Balaban J connectivity index is 1.55. The van der Waals surface area contributed by atoms with Crippen molar-refractivity contribution in [1.82, 2.24) is 4.90 Å². The van der Waals surface area contributed by atoms with E-state index in [1.165, 1.54) is 12.1 Å². The van der Waals surface area contributed by atoms with Crippen LogP contribution in [0.1, 0.15) is 16.7 Å². The fraction of sp³-hybridized carbons (Fsp3) is 0.0833. The first-order chi connectivity index (χ1) is 15.8. The predicted molar refractivity (Wildman–Crippen MR) is 133 cm³/mol. The van der Waals surface area contributed by atoms with Crippen LogP contribution in [0.25, 0.3) is 6.08 Å². The minimum Gasteiger partial charge on any atom is -0.488 e. The van der Waals surface area contributed by atoms with Crippen molar-refractivity contribution >= 4 is 68.1 Å². The number of hydrogen-bond acceptors (Lipinski definition) is 4. The molecule has 9 heteroatoms. The lowest BCUT2D eigenvalue weighted by Gasteiger charge is -2.13. The lowest BCUT2D eigenvalue weighted by molar-refractivity contribution is -0.123. The van der Waals surface area contributed by atoms with Gasteiger partial charge in [0.1, 0.15) is 18.2 Å². The Hall–Kier alpha value is -2.32. The van der Waals surface area contributed by atoms with Crippen molar-refractivity contribution in [2.24, 2.45) is 0 Å². The van der Waals surface area contributed by atoms with Crippen molar-refractivity contribution < 1.29 is 18.7 Å². The quantitative estimate of drug-likeness (QED) is 0.287. The van der Waals surface area contributed by atoms with Crippen LogP contribution in [-0.2, 0) is 17.9 Å². The van der Waals surface area contributed by atoms with Crippen molar-refractivity contribution in [3.63, 3.8) is 0 Å². The van der Waals surface area contributed by atoms with Gasteiger partial charge in [0.05, 0.1) is 11.4 Å². The van der Waals surface area contributed by atoms with Crippen LogP contribution in [0, 0.1) is 5.82 Å². The van der Waals surface area contributed by atoms with E-state index in [0.29, 0.717) is 28.5 Å². The minimum atomic E-state index is -0.487. The Morgan fingerprint density at radius 1 is 1.03 bits per heavy atom. The summed E-state index contributed by atoms with van der Waals surface area (Å²) in [4.78, 5) is 26.8. The maximum Gasteiger partial charge on any atom is 0.293 e. The summed E-state index contributed by atoms with van der Waals surface area (Å²) < 4.78 is 20.1. The monoisotopic (exact) mass is 565 g/mol. The summed E-state index contributed by atoms with van der Waals surface area (Å²) in [7, 11) is 0. The maximum atomic E-state index is 13.3. The second kappa shape index (κ2) is 10.3. The Morgan fingerprint density at radius 2 is 1.79 bits per heavy atom. The van der Waals surface area contributed by atoms with Gasteiger partial charge >= 0.3 is 0 Å². The van der Waals surface area contributed by atoms with Crippen molar-refractivity contribution in [3.8, 4) is 5.75 Å². The van der Waals surface area contributed by atoms with E-state index in [2.05, 4.69) is 15.9 Å². The summed E-state index contributed by atoms with van der Waals surface area (Å²) in [5, 5.41) is 0.369. The van der Waals surface area contributed by atoms with Gasteiger partial charge in [-0.2, -0.15) is 0 Å². The summed E-state index contributed by atoms with van der Waals surface area (Å²) in [5.41, 5.74) is 2.06. The molecule has 168 valence electrons. The molecule has 0 aromatic heterocycles. The molecule has 0 atom stereocenters. The first kappa shape index (κ1) is 23.8. The highest BCUT2D eigenvalue weighted by molar-refractivity contribution is 9.10. The Morgan fingerprint density at radius 3 is 2.52 bits per heavy atom. The number of ether oxygens (including phenoxy) is 1. The number of hydrogen-bond donors (Lipinski definition) is 0. The van der Waals surface area contributed by atoms with Crippen LogP contribution in [0.2, 0.25) is 10.0 Å². The SMILES string of the molecule is O=C1S/C(=C\c2cc(Br)ccc2OCc2ccc(Cl)cc2)C(=O)N1Cc1ccc(F)cc1Cl. The number of carbonyl (C=O) groups is 2. The highest BCUT2D eigenvalue weighted by atomic mass is 79.9. The highest BCUT2D eigenvalue weighted by Crippen LogP contribution is 2.36. The van der Waals surface area contributed by atoms with Gasteiger partial charge in [0.15, 0.2) is 0 Å². The normalized spacial score (nSPS) is 14.9. The molecule has 33 heavy (non-hydrogen) atoms. The summed E-state index contributed by atoms with van der Waals surface area (Å²) in [6.07, 6.45) is 1.62. The van der Waals surface area contributed by atoms with E-state index in [0.717, 1.165) is 32.8 Å². The average molecular weight is 567 g/mol. The standard InChI is InChI=1S/C24H15BrCl2FNO3S/c25-17-4-8-21(32-13-14-1-5-18(26)6-2-14)16(9-17)10-22-23(30)29(24(31)33-22)12-15-3-7-19(28)11-20(15)27/h1-11H,12-13H2/b22-10-. The zero-order valence-electron chi connectivity index (χ0n) is 16.9. The molecule has 0 spiro atoms. The molecule has 4 nitrogen and oxygen atoms in total. The summed E-state index contributed by atoms with van der Waals surface area (Å²) in [6.45, 7) is 0.268. The molecule has 3 aromatic rings. The zero-order valence-corrected chi connectivity index (χ0v) is 20.8. The van der Waals surface area contributed by atoms with E-state index < -0.39 is 17.0 Å². The molecule has 0 aliphatic carbocycles. The molecule has 0 N–H and O–H groups in total. The lowest BCUT2D eigenvalue weighted by atomic mass is 10.1. The highest BCUT2D eigenvalue weighted by Gasteiger charge is 2.35. The number of carbonyl (C=O) groups excluding carboxylic acids is 2. The third-order valence-corrected chi connectivity index (χ3v) is 6.79. The van der Waals surface area contributed by atoms with Gasteiger partial charge in [-0.25, -0.2) is 4.39 Å². The number of amides is 2. The largest absolute Gasteiger partial charge is 0.488 e. The Kier molecular flexibility index (Phi) is 7.44. The van der Waals surface area contributed by atoms with E-state index in [-0.39, 0.29) is 16.5 Å². The van der Waals surface area contributed by atoms with Crippen LogP contribution in [0.15, 0.2) is 70.0 Å². The van der Waals surface area contributed by atoms with Crippen molar-refractivity contribution in [2.75, 3.05) is 0 Å². The van der Waals surface area contributed by atoms with Crippen LogP contribution in [0.5, 0.6) is 5.75 Å². The Bertz CT molecular complexity index is 1270. The number of halogens is 4. The van der Waals surface area contributed by atoms with Gasteiger partial charge in [-0.15, -0.1) is 0 Å². The van der Waals surface area contributed by atoms with Gasteiger partial charge in [0.2, 0.25) is 0 Å². The fourth-order valence-corrected chi connectivity index (χ4v) is 4.66. The maximum absolute atomic E-state index is 13.3. The van der Waals surface area contributed by atoms with E-state index in [9.17, 15) is 14.0 Å². The molecule has 1 aliphatic rings. The minimum absolute atomic E-state index is 0.0421. The van der Waals surface area contributed by atoms with Gasteiger partial charge in [0.25, 0.3) is 11.1 Å². The molecule has 3 aromatic carbocycles. The first-order valence-corrected chi connectivity index (χ1v) is 12.0. The summed E-state index contributed by atoms with van der Waals surface area (Å²) in [6, 6.07) is 16.6. The summed E-state index contributed by atoms with van der Waals surface area (Å²) >= 11 is 16.3. The molecular formula is C24H15BrCl2FNO3S. The molecule has 2 amide bonds. The third kappa shape index (κ3) is 5.79. The van der Waals surface area contributed by atoms with Gasteiger partial charge in [-0.05, 0) is 71.4 Å². The van der Waals surface area contributed by atoms with Crippen molar-refractivity contribution in [3.05, 3.63) is 103 Å². The zero-order chi connectivity index (χ0) is 23.5. The molecule has 4 rings (SSSR count). The van der Waals surface area contributed by atoms with Crippen LogP contribution in [0.4, 0.5) is 9.18 Å². The number of rotatable bonds is 6. The average Bonchev–Trinajstić information content (AvgIpc) is 3.03. The number of imide groups is 1. The number of benzene rings is 3. The Labute approximate surface area is 212 Å². The first-order valence-electron chi connectivity index (χ1n) is 9.66. The second-order valence-corrected chi connectivity index (χ2v) is 9.85. The van der Waals surface area contributed by atoms with E-state index in [1.54, 1.807) is 24.3 Å². The number of nitrogens with zero attached hydrogens (tertiary/aromatic N) is 1. The van der Waals surface area contributed by atoms with Crippen molar-refractivity contribution in [2.45, 2.75) is 13.2 Å². The molecule has 0 unspecified atom stereocenters. The van der Waals surface area contributed by atoms with Crippen LogP contribution >= 0.6 is 50.9 Å². The third-order valence-electron chi connectivity index (χ3n) is 4.78. The molecule has 0 saturated carbocycles.